The summed E-state index contributed by atoms with van der Waals surface area (Å²) in [6.45, 7) is 9.48. The molecule has 1 atom stereocenters. The SMILES string of the molecule is Cc1ccc(S(=O)(=O)N(CC(=O)NC(C)COc2ccccc2C)c2ccc(C)c(C)c2)cc1. The van der Waals surface area contributed by atoms with Gasteiger partial charge in [-0.15, -0.1) is 0 Å². The molecule has 34 heavy (non-hydrogen) atoms. The number of carbonyl (C=O) groups is 1. The van der Waals surface area contributed by atoms with E-state index in [0.29, 0.717) is 5.69 Å². The fourth-order valence-corrected chi connectivity index (χ4v) is 4.87. The summed E-state index contributed by atoms with van der Waals surface area (Å²) in [5, 5.41) is 2.86. The standard InChI is InChI=1S/C27H32N2O4S/c1-19-10-14-25(15-11-19)34(31,32)29(24-13-12-20(2)22(4)16-24)17-27(30)28-23(5)18-33-26-9-7-6-8-21(26)3/h6-16,23H,17-18H2,1-5H3,(H,28,30). The van der Waals surface area contributed by atoms with E-state index in [1.807, 2.05) is 65.0 Å². The normalized spacial score (nSPS) is 12.1. The quantitative estimate of drug-likeness (QED) is 0.482. The van der Waals surface area contributed by atoms with Gasteiger partial charge in [-0.2, -0.15) is 0 Å². The third-order valence-electron chi connectivity index (χ3n) is 5.66. The minimum Gasteiger partial charge on any atom is -0.491 e. The molecule has 0 radical (unpaired) electrons. The van der Waals surface area contributed by atoms with Crippen LogP contribution >= 0.6 is 0 Å². The van der Waals surface area contributed by atoms with E-state index in [1.54, 1.807) is 36.4 Å². The summed E-state index contributed by atoms with van der Waals surface area (Å²) >= 11 is 0. The lowest BCUT2D eigenvalue weighted by Crippen LogP contribution is -2.45. The Kier molecular flexibility index (Phi) is 7.99. The molecule has 1 unspecified atom stereocenters. The first-order valence-corrected chi connectivity index (χ1v) is 12.7. The number of nitrogens with one attached hydrogen (secondary N) is 1. The lowest BCUT2D eigenvalue weighted by molar-refractivity contribution is -0.120. The van der Waals surface area contributed by atoms with Crippen LogP contribution in [0.5, 0.6) is 5.75 Å². The number of para-hydroxylation sites is 1. The van der Waals surface area contributed by atoms with Gasteiger partial charge in [-0.25, -0.2) is 8.42 Å². The molecule has 1 N–H and O–H groups in total. The zero-order valence-corrected chi connectivity index (χ0v) is 21.1. The summed E-state index contributed by atoms with van der Waals surface area (Å²) in [5.74, 6) is 0.345. The number of ether oxygens (including phenoxy) is 1. The Morgan fingerprint density at radius 2 is 1.59 bits per heavy atom. The van der Waals surface area contributed by atoms with E-state index >= 15 is 0 Å². The maximum Gasteiger partial charge on any atom is 0.264 e. The average Bonchev–Trinajstić information content (AvgIpc) is 2.79. The van der Waals surface area contributed by atoms with Crippen LogP contribution in [0.3, 0.4) is 0 Å². The predicted octanol–water partition coefficient (Wildman–Crippen LogP) is 4.70. The van der Waals surface area contributed by atoms with Gasteiger partial charge in [0, 0.05) is 0 Å². The predicted molar refractivity (Wildman–Crippen MR) is 136 cm³/mol. The zero-order valence-electron chi connectivity index (χ0n) is 20.3. The van der Waals surface area contributed by atoms with Gasteiger partial charge in [0.2, 0.25) is 5.91 Å². The van der Waals surface area contributed by atoms with Gasteiger partial charge in [-0.3, -0.25) is 9.10 Å². The van der Waals surface area contributed by atoms with Gasteiger partial charge in [0.25, 0.3) is 10.0 Å². The zero-order chi connectivity index (χ0) is 24.9. The highest BCUT2D eigenvalue weighted by molar-refractivity contribution is 7.92. The van der Waals surface area contributed by atoms with Crippen LogP contribution < -0.4 is 14.4 Å². The Morgan fingerprint density at radius 3 is 2.24 bits per heavy atom. The Balaban J connectivity index is 1.79. The number of carbonyl (C=O) groups excluding carboxylic acids is 1. The lowest BCUT2D eigenvalue weighted by Gasteiger charge is -2.26. The van der Waals surface area contributed by atoms with Crippen molar-refractivity contribution in [2.75, 3.05) is 17.5 Å². The van der Waals surface area contributed by atoms with Crippen molar-refractivity contribution < 1.29 is 17.9 Å². The van der Waals surface area contributed by atoms with Crippen molar-refractivity contribution in [2.45, 2.75) is 45.6 Å². The Labute approximate surface area is 202 Å². The number of aryl methyl sites for hydroxylation is 4. The number of hydrogen-bond donors (Lipinski definition) is 1. The first kappa shape index (κ1) is 25.3. The number of rotatable bonds is 9. The molecular formula is C27H32N2O4S. The van der Waals surface area contributed by atoms with Gasteiger partial charge in [0.1, 0.15) is 18.9 Å². The highest BCUT2D eigenvalue weighted by atomic mass is 32.2. The van der Waals surface area contributed by atoms with Crippen molar-refractivity contribution in [1.82, 2.24) is 5.32 Å². The number of anilines is 1. The van der Waals surface area contributed by atoms with Crippen molar-refractivity contribution in [3.05, 3.63) is 89.0 Å². The topological polar surface area (TPSA) is 75.7 Å². The molecule has 0 aliphatic heterocycles. The van der Waals surface area contributed by atoms with Crippen molar-refractivity contribution in [3.63, 3.8) is 0 Å². The fraction of sp³-hybridized carbons (Fsp3) is 0.296. The van der Waals surface area contributed by atoms with E-state index in [1.165, 1.54) is 0 Å². The van der Waals surface area contributed by atoms with Crippen LogP contribution in [0, 0.1) is 27.7 Å². The highest BCUT2D eigenvalue weighted by Crippen LogP contribution is 2.26. The molecule has 0 aromatic heterocycles. The van der Waals surface area contributed by atoms with Crippen LogP contribution in [0.25, 0.3) is 0 Å². The molecule has 7 heteroatoms. The van der Waals surface area contributed by atoms with E-state index in [2.05, 4.69) is 5.32 Å². The van der Waals surface area contributed by atoms with Crippen molar-refractivity contribution in [1.29, 1.82) is 0 Å². The molecule has 1 amide bonds. The molecule has 0 spiro atoms. The number of amides is 1. The third-order valence-corrected chi connectivity index (χ3v) is 7.45. The smallest absolute Gasteiger partial charge is 0.264 e. The van der Waals surface area contributed by atoms with Gasteiger partial charge in [0.15, 0.2) is 0 Å². The van der Waals surface area contributed by atoms with Gasteiger partial charge in [0.05, 0.1) is 16.6 Å². The summed E-state index contributed by atoms with van der Waals surface area (Å²) < 4.78 is 34.0. The molecule has 0 saturated carbocycles. The molecule has 0 aliphatic carbocycles. The second-order valence-electron chi connectivity index (χ2n) is 8.64. The van der Waals surface area contributed by atoms with Gasteiger partial charge in [-0.05, 0) is 81.6 Å². The number of sulfonamides is 1. The lowest BCUT2D eigenvalue weighted by atomic mass is 10.1. The molecule has 0 heterocycles. The average molecular weight is 481 g/mol. The van der Waals surface area contributed by atoms with E-state index in [4.69, 9.17) is 4.74 Å². The van der Waals surface area contributed by atoms with Crippen LogP contribution in [-0.4, -0.2) is 33.5 Å². The highest BCUT2D eigenvalue weighted by Gasteiger charge is 2.28. The van der Waals surface area contributed by atoms with E-state index in [-0.39, 0.29) is 24.1 Å². The van der Waals surface area contributed by atoms with Gasteiger partial charge < -0.3 is 10.1 Å². The minimum absolute atomic E-state index is 0.139. The van der Waals surface area contributed by atoms with E-state index < -0.39 is 15.9 Å². The number of nitrogens with zero attached hydrogens (tertiary/aromatic N) is 1. The molecule has 3 rings (SSSR count). The first-order chi connectivity index (χ1) is 16.1. The van der Waals surface area contributed by atoms with Crippen LogP contribution in [0.2, 0.25) is 0 Å². The van der Waals surface area contributed by atoms with Crippen molar-refractivity contribution in [2.24, 2.45) is 0 Å². The van der Waals surface area contributed by atoms with E-state index in [9.17, 15) is 13.2 Å². The second-order valence-corrected chi connectivity index (χ2v) is 10.5. The van der Waals surface area contributed by atoms with Crippen molar-refractivity contribution in [3.8, 4) is 5.75 Å². The summed E-state index contributed by atoms with van der Waals surface area (Å²) in [5.41, 5.74) is 4.40. The van der Waals surface area contributed by atoms with Crippen LogP contribution in [0.4, 0.5) is 5.69 Å². The minimum atomic E-state index is -3.95. The maximum absolute atomic E-state index is 13.5. The molecule has 0 bridgehead atoms. The van der Waals surface area contributed by atoms with Crippen LogP contribution in [0.1, 0.15) is 29.2 Å². The fourth-order valence-electron chi connectivity index (χ4n) is 3.46. The summed E-state index contributed by atoms with van der Waals surface area (Å²) in [7, 11) is -3.95. The Hall–Kier alpha value is -3.32. The van der Waals surface area contributed by atoms with Crippen LogP contribution in [-0.2, 0) is 14.8 Å². The van der Waals surface area contributed by atoms with Crippen molar-refractivity contribution >= 4 is 21.6 Å². The molecule has 0 fully saturated rings. The monoisotopic (exact) mass is 480 g/mol. The molecule has 0 aliphatic rings. The van der Waals surface area contributed by atoms with Crippen LogP contribution in [0.15, 0.2) is 71.6 Å². The number of benzene rings is 3. The Morgan fingerprint density at radius 1 is 0.912 bits per heavy atom. The number of hydrogen-bond acceptors (Lipinski definition) is 4. The molecule has 3 aromatic rings. The second kappa shape index (κ2) is 10.7. The Bertz CT molecular complexity index is 1250. The largest absolute Gasteiger partial charge is 0.491 e. The van der Waals surface area contributed by atoms with Gasteiger partial charge in [-0.1, -0.05) is 42.0 Å². The first-order valence-electron chi connectivity index (χ1n) is 11.2. The molecule has 3 aromatic carbocycles. The summed E-state index contributed by atoms with van der Waals surface area (Å²) in [4.78, 5) is 13.1. The molecule has 180 valence electrons. The summed E-state index contributed by atoms with van der Waals surface area (Å²) in [6, 6.07) is 19.3. The third kappa shape index (κ3) is 6.17. The molecule has 0 saturated heterocycles. The van der Waals surface area contributed by atoms with E-state index in [0.717, 1.165) is 32.3 Å². The maximum atomic E-state index is 13.5. The molecular weight excluding hydrogens is 448 g/mol. The molecule has 6 nitrogen and oxygen atoms in total. The summed E-state index contributed by atoms with van der Waals surface area (Å²) in [6.07, 6.45) is 0. The van der Waals surface area contributed by atoms with Gasteiger partial charge >= 0.3 is 0 Å².